The van der Waals surface area contributed by atoms with Crippen LogP contribution in [0.15, 0.2) is 28.9 Å². The lowest BCUT2D eigenvalue weighted by Gasteiger charge is -2.31. The van der Waals surface area contributed by atoms with Crippen molar-refractivity contribution in [2.45, 2.75) is 39.3 Å². The highest BCUT2D eigenvalue weighted by Gasteiger charge is 2.24. The lowest BCUT2D eigenvalue weighted by atomic mass is 10.1. The van der Waals surface area contributed by atoms with Crippen molar-refractivity contribution in [3.05, 3.63) is 41.6 Å². The molecule has 0 bridgehead atoms. The number of aryl methyl sites for hydroxylation is 1. The van der Waals surface area contributed by atoms with Gasteiger partial charge in [-0.15, -0.1) is 0 Å². The second kappa shape index (κ2) is 9.20. The van der Waals surface area contributed by atoms with E-state index in [4.69, 9.17) is 9.15 Å². The third kappa shape index (κ3) is 5.21. The minimum absolute atomic E-state index is 0.131. The van der Waals surface area contributed by atoms with Crippen LogP contribution in [0.5, 0.6) is 0 Å². The van der Waals surface area contributed by atoms with Crippen molar-refractivity contribution in [3.8, 4) is 0 Å². The lowest BCUT2D eigenvalue weighted by Crippen LogP contribution is -2.42. The van der Waals surface area contributed by atoms with Crippen LogP contribution in [-0.2, 0) is 11.3 Å². The number of carbonyl (C=O) groups excluding carboxylic acids is 2. The Morgan fingerprint density at radius 3 is 2.79 bits per heavy atom. The number of anilines is 1. The van der Waals surface area contributed by atoms with Crippen LogP contribution in [0.4, 0.5) is 10.7 Å². The summed E-state index contributed by atoms with van der Waals surface area (Å²) < 4.78 is 10.2. The summed E-state index contributed by atoms with van der Waals surface area (Å²) in [5.74, 6) is 0.797. The van der Waals surface area contributed by atoms with Gasteiger partial charge in [0, 0.05) is 24.8 Å². The van der Waals surface area contributed by atoms with E-state index in [2.05, 4.69) is 20.6 Å². The third-order valence-electron chi connectivity index (χ3n) is 4.44. The number of furan rings is 1. The van der Waals surface area contributed by atoms with Crippen molar-refractivity contribution < 1.29 is 18.7 Å². The maximum atomic E-state index is 12.4. The number of amides is 2. The summed E-state index contributed by atoms with van der Waals surface area (Å²) in [5, 5.41) is 6.06. The minimum Gasteiger partial charge on any atom is -0.467 e. The summed E-state index contributed by atoms with van der Waals surface area (Å²) >= 11 is 0. The van der Waals surface area contributed by atoms with Crippen molar-refractivity contribution in [1.82, 2.24) is 20.2 Å². The smallest absolute Gasteiger partial charge is 0.409 e. The van der Waals surface area contributed by atoms with E-state index >= 15 is 0 Å². The quantitative estimate of drug-likeness (QED) is 0.783. The summed E-state index contributed by atoms with van der Waals surface area (Å²) in [5.41, 5.74) is 0.995. The van der Waals surface area contributed by atoms with E-state index in [0.29, 0.717) is 49.3 Å². The van der Waals surface area contributed by atoms with Gasteiger partial charge in [0.1, 0.15) is 11.5 Å². The molecule has 1 fully saturated rings. The largest absolute Gasteiger partial charge is 0.467 e. The number of piperidine rings is 1. The first-order valence-corrected chi connectivity index (χ1v) is 9.39. The monoisotopic (exact) mass is 387 g/mol. The second-order valence-electron chi connectivity index (χ2n) is 6.58. The fraction of sp³-hybridized carbons (Fsp3) is 0.474. The number of ether oxygens (including phenoxy) is 1. The Labute approximate surface area is 163 Å². The molecule has 1 saturated heterocycles. The normalized spacial score (nSPS) is 14.6. The average molecular weight is 387 g/mol. The molecule has 1 aliphatic heterocycles. The number of aromatic nitrogens is 2. The fourth-order valence-electron chi connectivity index (χ4n) is 3.02. The molecule has 28 heavy (non-hydrogen) atoms. The van der Waals surface area contributed by atoms with Crippen LogP contribution < -0.4 is 10.6 Å². The van der Waals surface area contributed by atoms with Crippen LogP contribution in [0.25, 0.3) is 0 Å². The summed E-state index contributed by atoms with van der Waals surface area (Å²) in [4.78, 5) is 34.6. The van der Waals surface area contributed by atoms with Gasteiger partial charge in [-0.2, -0.15) is 0 Å². The van der Waals surface area contributed by atoms with E-state index in [9.17, 15) is 9.59 Å². The first-order valence-electron chi connectivity index (χ1n) is 9.39. The molecule has 0 spiro atoms. The highest BCUT2D eigenvalue weighted by atomic mass is 16.6. The Bertz CT molecular complexity index is 801. The topological polar surface area (TPSA) is 110 Å². The van der Waals surface area contributed by atoms with Crippen LogP contribution in [0.2, 0.25) is 0 Å². The number of hydrogen-bond acceptors (Lipinski definition) is 7. The van der Waals surface area contributed by atoms with Gasteiger partial charge in [0.2, 0.25) is 5.95 Å². The molecule has 0 aromatic carbocycles. The summed E-state index contributed by atoms with van der Waals surface area (Å²) in [7, 11) is 0. The zero-order valence-electron chi connectivity index (χ0n) is 16.1. The lowest BCUT2D eigenvalue weighted by molar-refractivity contribution is 0.0940. The Kier molecular flexibility index (Phi) is 6.46. The molecule has 3 rings (SSSR count). The molecule has 0 saturated carbocycles. The highest BCUT2D eigenvalue weighted by Crippen LogP contribution is 2.16. The Morgan fingerprint density at radius 1 is 1.32 bits per heavy atom. The molecule has 0 unspecified atom stereocenters. The maximum Gasteiger partial charge on any atom is 0.409 e. The van der Waals surface area contributed by atoms with Crippen LogP contribution in [-0.4, -0.2) is 52.6 Å². The molecule has 3 heterocycles. The summed E-state index contributed by atoms with van der Waals surface area (Å²) in [6.45, 7) is 5.50. The zero-order chi connectivity index (χ0) is 19.9. The van der Waals surface area contributed by atoms with E-state index in [1.807, 2.05) is 6.92 Å². The highest BCUT2D eigenvalue weighted by molar-refractivity contribution is 5.92. The molecule has 0 atom stereocenters. The molecule has 9 nitrogen and oxygen atoms in total. The molecule has 0 radical (unpaired) electrons. The molecular formula is C19H25N5O4. The van der Waals surface area contributed by atoms with E-state index in [-0.39, 0.29) is 18.0 Å². The standard InChI is InChI=1S/C19H25N5O4/c1-3-27-19(26)24-8-6-14(7-9-24)22-18-21-13(2)11-16(23-18)17(25)20-12-15-5-4-10-28-15/h4-5,10-11,14H,3,6-9,12H2,1-2H3,(H,20,25)(H,21,22,23). The van der Waals surface area contributed by atoms with Gasteiger partial charge in [0.25, 0.3) is 5.91 Å². The van der Waals surface area contributed by atoms with E-state index in [1.165, 1.54) is 0 Å². The molecule has 2 N–H and O–H groups in total. The minimum atomic E-state index is -0.290. The molecule has 150 valence electrons. The van der Waals surface area contributed by atoms with Crippen molar-refractivity contribution in [3.63, 3.8) is 0 Å². The predicted octanol–water partition coefficient (Wildman–Crippen LogP) is 2.34. The van der Waals surface area contributed by atoms with Gasteiger partial charge in [-0.1, -0.05) is 0 Å². The van der Waals surface area contributed by atoms with Gasteiger partial charge >= 0.3 is 6.09 Å². The van der Waals surface area contributed by atoms with Gasteiger partial charge in [-0.3, -0.25) is 4.79 Å². The molecule has 2 aromatic heterocycles. The average Bonchev–Trinajstić information content (AvgIpc) is 3.20. The molecule has 2 aromatic rings. The van der Waals surface area contributed by atoms with Crippen molar-refractivity contribution in [2.24, 2.45) is 0 Å². The molecule has 9 heteroatoms. The number of hydrogen-bond donors (Lipinski definition) is 2. The Balaban J connectivity index is 1.56. The number of rotatable bonds is 6. The predicted molar refractivity (Wildman–Crippen MR) is 102 cm³/mol. The molecule has 2 amide bonds. The summed E-state index contributed by atoms with van der Waals surface area (Å²) in [6, 6.07) is 5.34. The summed E-state index contributed by atoms with van der Waals surface area (Å²) in [6.07, 6.45) is 2.81. The first-order chi connectivity index (χ1) is 13.5. The van der Waals surface area contributed by atoms with E-state index in [1.54, 1.807) is 36.3 Å². The zero-order valence-corrected chi connectivity index (χ0v) is 16.1. The van der Waals surface area contributed by atoms with Gasteiger partial charge in [-0.05, 0) is 44.9 Å². The van der Waals surface area contributed by atoms with Gasteiger partial charge in [-0.25, -0.2) is 14.8 Å². The van der Waals surface area contributed by atoms with Gasteiger partial charge in [0.05, 0.1) is 19.4 Å². The van der Waals surface area contributed by atoms with Crippen molar-refractivity contribution in [2.75, 3.05) is 25.0 Å². The van der Waals surface area contributed by atoms with E-state index < -0.39 is 0 Å². The molecular weight excluding hydrogens is 362 g/mol. The van der Waals surface area contributed by atoms with Gasteiger partial charge < -0.3 is 24.7 Å². The Morgan fingerprint density at radius 2 is 2.11 bits per heavy atom. The molecule has 0 aliphatic carbocycles. The maximum absolute atomic E-state index is 12.4. The van der Waals surface area contributed by atoms with Crippen molar-refractivity contribution >= 4 is 17.9 Å². The number of nitrogens with one attached hydrogen (secondary N) is 2. The Hall–Kier alpha value is -3.10. The van der Waals surface area contributed by atoms with Crippen LogP contribution in [0, 0.1) is 6.92 Å². The number of nitrogens with zero attached hydrogens (tertiary/aromatic N) is 3. The van der Waals surface area contributed by atoms with Crippen LogP contribution in [0.3, 0.4) is 0 Å². The van der Waals surface area contributed by atoms with E-state index in [0.717, 1.165) is 12.8 Å². The fourth-order valence-corrected chi connectivity index (χ4v) is 3.02. The second-order valence-corrected chi connectivity index (χ2v) is 6.58. The van der Waals surface area contributed by atoms with Crippen molar-refractivity contribution in [1.29, 1.82) is 0 Å². The number of carbonyl (C=O) groups is 2. The SMILES string of the molecule is CCOC(=O)N1CCC(Nc2nc(C)cc(C(=O)NCc3ccco3)n2)CC1. The number of likely N-dealkylation sites (tertiary alicyclic amines) is 1. The molecule has 1 aliphatic rings. The van der Waals surface area contributed by atoms with Crippen LogP contribution >= 0.6 is 0 Å². The first kappa shape index (κ1) is 19.7. The van der Waals surface area contributed by atoms with Gasteiger partial charge in [0.15, 0.2) is 0 Å². The third-order valence-corrected chi connectivity index (χ3v) is 4.44. The van der Waals surface area contributed by atoms with Crippen LogP contribution in [0.1, 0.15) is 41.7 Å².